The molecule has 1 aromatic heterocycles. The number of carbonyl (C=O) groups is 1. The van der Waals surface area contributed by atoms with E-state index in [1.165, 1.54) is 0 Å². The molecule has 0 spiro atoms. The molecule has 2 heterocycles. The first-order valence-electron chi connectivity index (χ1n) is 7.88. The average Bonchev–Trinajstić information content (AvgIpc) is 3.27. The van der Waals surface area contributed by atoms with Gasteiger partial charge in [0.1, 0.15) is 0 Å². The van der Waals surface area contributed by atoms with Crippen LogP contribution in [0.3, 0.4) is 0 Å². The number of benzene rings is 1. The van der Waals surface area contributed by atoms with E-state index in [1.807, 2.05) is 19.2 Å². The van der Waals surface area contributed by atoms with Crippen LogP contribution in [0.25, 0.3) is 11.3 Å². The summed E-state index contributed by atoms with van der Waals surface area (Å²) in [7, 11) is 0. The first kappa shape index (κ1) is 13.6. The molecule has 1 saturated carbocycles. The van der Waals surface area contributed by atoms with Gasteiger partial charge in [0.05, 0.1) is 12.3 Å². The van der Waals surface area contributed by atoms with Crippen molar-refractivity contribution in [1.82, 2.24) is 4.57 Å². The Balaban J connectivity index is 1.86. The number of nitrogens with zero attached hydrogens (tertiary/aromatic N) is 1. The van der Waals surface area contributed by atoms with Crippen molar-refractivity contribution < 1.29 is 13.9 Å². The number of ether oxygens (including phenoxy) is 1. The molecular formula is C18H18FNO2. The number of ketones is 1. The number of fused-ring (bicyclic) bond motifs is 3. The lowest BCUT2D eigenvalue weighted by atomic mass is 9.94. The van der Waals surface area contributed by atoms with Crippen molar-refractivity contribution in [3.63, 3.8) is 0 Å². The number of carbonyl (C=O) groups excluding carboxylic acids is 1. The van der Waals surface area contributed by atoms with Crippen molar-refractivity contribution in [2.75, 3.05) is 6.61 Å². The summed E-state index contributed by atoms with van der Waals surface area (Å²) in [6.07, 6.45) is 4.73. The zero-order valence-corrected chi connectivity index (χ0v) is 12.6. The van der Waals surface area contributed by atoms with Gasteiger partial charge in [-0.05, 0) is 49.9 Å². The maximum atomic E-state index is 14.1. The van der Waals surface area contributed by atoms with Gasteiger partial charge in [-0.3, -0.25) is 4.79 Å². The van der Waals surface area contributed by atoms with Gasteiger partial charge in [0.15, 0.2) is 17.3 Å². The summed E-state index contributed by atoms with van der Waals surface area (Å²) < 4.78 is 21.6. The average molecular weight is 299 g/mol. The number of Topliss-reactive ketones (excluding diaryl/α,β-unsaturated/α-hetero) is 1. The topological polar surface area (TPSA) is 31.2 Å². The zero-order chi connectivity index (χ0) is 15.3. The highest BCUT2D eigenvalue weighted by Gasteiger charge is 2.34. The second kappa shape index (κ2) is 4.97. The van der Waals surface area contributed by atoms with E-state index in [9.17, 15) is 9.18 Å². The highest BCUT2D eigenvalue weighted by atomic mass is 19.1. The molecule has 2 aromatic rings. The van der Waals surface area contributed by atoms with Crippen LogP contribution in [0.2, 0.25) is 0 Å². The summed E-state index contributed by atoms with van der Waals surface area (Å²) in [6, 6.07) is 5.22. The summed E-state index contributed by atoms with van der Waals surface area (Å²) in [4.78, 5) is 12.5. The number of aryl methyl sites for hydroxylation is 2. The molecule has 0 saturated heterocycles. The second-order valence-electron chi connectivity index (χ2n) is 6.03. The molecule has 0 atom stereocenters. The van der Waals surface area contributed by atoms with Crippen LogP contribution in [-0.2, 0) is 13.0 Å². The van der Waals surface area contributed by atoms with Crippen molar-refractivity contribution in [3.8, 4) is 17.0 Å². The van der Waals surface area contributed by atoms with Crippen molar-refractivity contribution in [3.05, 3.63) is 41.3 Å². The van der Waals surface area contributed by atoms with Crippen LogP contribution >= 0.6 is 0 Å². The minimum atomic E-state index is -0.323. The van der Waals surface area contributed by atoms with Crippen molar-refractivity contribution in [2.24, 2.45) is 5.92 Å². The van der Waals surface area contributed by atoms with E-state index in [4.69, 9.17) is 4.74 Å². The van der Waals surface area contributed by atoms with Crippen molar-refractivity contribution >= 4 is 5.78 Å². The summed E-state index contributed by atoms with van der Waals surface area (Å²) >= 11 is 0. The molecule has 1 aliphatic carbocycles. The molecule has 4 heteroatoms. The van der Waals surface area contributed by atoms with Gasteiger partial charge < -0.3 is 9.30 Å². The van der Waals surface area contributed by atoms with Gasteiger partial charge in [0.2, 0.25) is 0 Å². The largest absolute Gasteiger partial charge is 0.491 e. The Morgan fingerprint density at radius 2 is 2.23 bits per heavy atom. The van der Waals surface area contributed by atoms with Crippen LogP contribution in [0.15, 0.2) is 24.4 Å². The smallest absolute Gasteiger partial charge is 0.168 e. The van der Waals surface area contributed by atoms with Gasteiger partial charge in [-0.1, -0.05) is 0 Å². The molecule has 1 fully saturated rings. The summed E-state index contributed by atoms with van der Waals surface area (Å²) in [5.74, 6) is 0.351. The fourth-order valence-corrected chi connectivity index (χ4v) is 3.25. The van der Waals surface area contributed by atoms with Gasteiger partial charge in [-0.15, -0.1) is 0 Å². The van der Waals surface area contributed by atoms with E-state index in [1.54, 1.807) is 12.1 Å². The maximum absolute atomic E-state index is 14.1. The van der Waals surface area contributed by atoms with Gasteiger partial charge in [-0.2, -0.15) is 0 Å². The van der Waals surface area contributed by atoms with Gasteiger partial charge in [0, 0.05) is 29.8 Å². The third-order valence-corrected chi connectivity index (χ3v) is 4.51. The quantitative estimate of drug-likeness (QED) is 0.803. The van der Waals surface area contributed by atoms with Crippen LogP contribution in [-0.4, -0.2) is 17.0 Å². The second-order valence-corrected chi connectivity index (χ2v) is 6.03. The third kappa shape index (κ3) is 2.05. The first-order valence-corrected chi connectivity index (χ1v) is 7.88. The Labute approximate surface area is 128 Å². The predicted octanol–water partition coefficient (Wildman–Crippen LogP) is 3.84. The Hall–Kier alpha value is -2.10. The molecule has 3 nitrogen and oxygen atoms in total. The van der Waals surface area contributed by atoms with E-state index in [0.717, 1.165) is 48.2 Å². The van der Waals surface area contributed by atoms with Gasteiger partial charge in [-0.25, -0.2) is 4.39 Å². The molecule has 114 valence electrons. The third-order valence-electron chi connectivity index (χ3n) is 4.51. The van der Waals surface area contributed by atoms with Crippen molar-refractivity contribution in [2.45, 2.75) is 32.7 Å². The molecule has 2 aliphatic rings. The van der Waals surface area contributed by atoms with E-state index in [2.05, 4.69) is 4.57 Å². The molecule has 1 aromatic carbocycles. The summed E-state index contributed by atoms with van der Waals surface area (Å²) in [5, 5.41) is 0. The Kier molecular flexibility index (Phi) is 3.06. The fraction of sp³-hybridized carbons (Fsp3) is 0.389. The van der Waals surface area contributed by atoms with Crippen LogP contribution < -0.4 is 4.74 Å². The van der Waals surface area contributed by atoms with Crippen LogP contribution in [0.1, 0.15) is 35.7 Å². The Bertz CT molecular complexity index is 759. The lowest BCUT2D eigenvalue weighted by Gasteiger charge is -2.22. The SMILES string of the molecule is CCOc1cc2c(cc1F)CCn1ccc(C(=O)C3CC3)c1-2. The normalized spacial score (nSPS) is 16.1. The number of rotatable bonds is 4. The van der Waals surface area contributed by atoms with Crippen LogP contribution in [0.4, 0.5) is 4.39 Å². The standard InChI is InChI=1S/C18H18FNO2/c1-2-22-16-10-14-12(9-15(16)19)5-7-20-8-6-13(17(14)20)18(21)11-3-4-11/h6,8-11H,2-5,7H2,1H3. The summed E-state index contributed by atoms with van der Waals surface area (Å²) in [5.41, 5.74) is 3.60. The van der Waals surface area contributed by atoms with E-state index >= 15 is 0 Å². The fourth-order valence-electron chi connectivity index (χ4n) is 3.25. The molecule has 0 radical (unpaired) electrons. The number of hydrogen-bond acceptors (Lipinski definition) is 2. The first-order chi connectivity index (χ1) is 10.7. The van der Waals surface area contributed by atoms with Crippen LogP contribution in [0.5, 0.6) is 5.75 Å². The molecular weight excluding hydrogens is 281 g/mol. The van der Waals surface area contributed by atoms with Gasteiger partial charge in [0.25, 0.3) is 0 Å². The van der Waals surface area contributed by atoms with E-state index < -0.39 is 0 Å². The molecule has 0 amide bonds. The van der Waals surface area contributed by atoms with E-state index in [-0.39, 0.29) is 23.3 Å². The number of aromatic nitrogens is 1. The van der Waals surface area contributed by atoms with Crippen molar-refractivity contribution in [1.29, 1.82) is 0 Å². The lowest BCUT2D eigenvalue weighted by molar-refractivity contribution is 0.0968. The summed E-state index contributed by atoms with van der Waals surface area (Å²) in [6.45, 7) is 3.04. The molecule has 0 N–H and O–H groups in total. The van der Waals surface area contributed by atoms with Crippen LogP contribution in [0, 0.1) is 11.7 Å². The minimum absolute atomic E-state index is 0.185. The molecule has 4 rings (SSSR count). The zero-order valence-electron chi connectivity index (χ0n) is 12.6. The lowest BCUT2D eigenvalue weighted by Crippen LogP contribution is -2.13. The van der Waals surface area contributed by atoms with E-state index in [0.29, 0.717) is 6.61 Å². The monoisotopic (exact) mass is 299 g/mol. The highest BCUT2D eigenvalue weighted by molar-refractivity contribution is 6.04. The number of hydrogen-bond donors (Lipinski definition) is 0. The maximum Gasteiger partial charge on any atom is 0.168 e. The number of halogens is 1. The molecule has 0 bridgehead atoms. The highest BCUT2D eigenvalue weighted by Crippen LogP contribution is 2.40. The Morgan fingerprint density at radius 1 is 1.41 bits per heavy atom. The minimum Gasteiger partial charge on any atom is -0.491 e. The molecule has 22 heavy (non-hydrogen) atoms. The predicted molar refractivity (Wildman–Crippen MR) is 81.8 cm³/mol. The molecule has 0 unspecified atom stereocenters. The van der Waals surface area contributed by atoms with Gasteiger partial charge >= 0.3 is 0 Å². The Morgan fingerprint density at radius 3 is 2.95 bits per heavy atom. The molecule has 1 aliphatic heterocycles.